The third-order valence-corrected chi connectivity index (χ3v) is 5.60. The van der Waals surface area contributed by atoms with Gasteiger partial charge in [-0.15, -0.1) is 0 Å². The average molecular weight is 497 g/mol. The third-order valence-electron chi connectivity index (χ3n) is 5.60. The van der Waals surface area contributed by atoms with Gasteiger partial charge in [-0.1, -0.05) is 24.3 Å². The summed E-state index contributed by atoms with van der Waals surface area (Å²) in [6.45, 7) is 5.45. The minimum atomic E-state index is -0.954. The van der Waals surface area contributed by atoms with E-state index in [4.69, 9.17) is 28.8 Å². The molecule has 0 fully saturated rings. The highest BCUT2D eigenvalue weighted by atomic mass is 16.5. The molecule has 0 spiro atoms. The molecule has 8 nitrogen and oxygen atoms in total. The van der Waals surface area contributed by atoms with Crippen molar-refractivity contribution in [2.75, 3.05) is 35.5 Å². The van der Waals surface area contributed by atoms with E-state index in [9.17, 15) is 9.59 Å². The highest BCUT2D eigenvalue weighted by Crippen LogP contribution is 2.43. The Kier molecular flexibility index (Phi) is 9.73. The summed E-state index contributed by atoms with van der Waals surface area (Å²) in [5.74, 6) is 1.05. The number of aromatic carboxylic acids is 1. The van der Waals surface area contributed by atoms with Crippen LogP contribution < -0.4 is 23.7 Å². The summed E-state index contributed by atoms with van der Waals surface area (Å²) in [6, 6.07) is 12.4. The van der Waals surface area contributed by atoms with Crippen LogP contribution in [0.1, 0.15) is 43.0 Å². The van der Waals surface area contributed by atoms with Gasteiger partial charge in [0.1, 0.15) is 17.1 Å². The van der Waals surface area contributed by atoms with Crippen LogP contribution in [0.5, 0.6) is 28.7 Å². The fourth-order valence-corrected chi connectivity index (χ4v) is 3.87. The van der Waals surface area contributed by atoms with Crippen LogP contribution in [0, 0.1) is 20.8 Å². The predicted molar refractivity (Wildman–Crippen MR) is 137 cm³/mol. The van der Waals surface area contributed by atoms with Crippen LogP contribution in [0.3, 0.4) is 0 Å². The molecule has 0 aliphatic carbocycles. The molecule has 0 aromatic heterocycles. The standard InChI is InChI=1S/C19H22O5.C9H10O3/c1-11-8-7-9-13(21-3)15(11)17(20)16-12(2)10-14(22-4)18(23-5)19(16)24-6;1-6-4-3-5-7(12-2)8(6)9(10)11/h7-10H,1-6H3;3-5H,1-2H3,(H,10,11). The fourth-order valence-electron chi connectivity index (χ4n) is 3.87. The van der Waals surface area contributed by atoms with Crippen molar-refractivity contribution >= 4 is 11.8 Å². The zero-order valence-corrected chi connectivity index (χ0v) is 21.8. The molecule has 1 N–H and O–H groups in total. The molecule has 0 heterocycles. The van der Waals surface area contributed by atoms with Gasteiger partial charge >= 0.3 is 5.97 Å². The van der Waals surface area contributed by atoms with Crippen LogP contribution in [0.25, 0.3) is 0 Å². The summed E-state index contributed by atoms with van der Waals surface area (Å²) >= 11 is 0. The Labute approximate surface area is 211 Å². The first-order chi connectivity index (χ1) is 17.2. The highest BCUT2D eigenvalue weighted by molar-refractivity contribution is 6.14. The van der Waals surface area contributed by atoms with Gasteiger partial charge in [0.2, 0.25) is 11.5 Å². The van der Waals surface area contributed by atoms with Gasteiger partial charge in [0.25, 0.3) is 0 Å². The summed E-state index contributed by atoms with van der Waals surface area (Å²) in [5.41, 5.74) is 3.45. The molecule has 0 unspecified atom stereocenters. The summed E-state index contributed by atoms with van der Waals surface area (Å²) in [7, 11) is 7.56. The van der Waals surface area contributed by atoms with Crippen molar-refractivity contribution in [3.8, 4) is 28.7 Å². The fraction of sp³-hybridized carbons (Fsp3) is 0.286. The number of hydrogen-bond acceptors (Lipinski definition) is 7. The number of ether oxygens (including phenoxy) is 5. The quantitative estimate of drug-likeness (QED) is 0.421. The summed E-state index contributed by atoms with van der Waals surface area (Å²) in [4.78, 5) is 24.0. The Bertz CT molecular complexity index is 1250. The van der Waals surface area contributed by atoms with Crippen LogP contribution >= 0.6 is 0 Å². The Morgan fingerprint density at radius 2 is 1.06 bits per heavy atom. The van der Waals surface area contributed by atoms with E-state index in [0.717, 1.165) is 11.1 Å². The van der Waals surface area contributed by atoms with Gasteiger partial charge in [-0.25, -0.2) is 4.79 Å². The van der Waals surface area contributed by atoms with Crippen LogP contribution in [-0.2, 0) is 0 Å². The summed E-state index contributed by atoms with van der Waals surface area (Å²) in [5, 5.41) is 8.80. The average Bonchev–Trinajstić information content (AvgIpc) is 2.87. The number of methoxy groups -OCH3 is 5. The van der Waals surface area contributed by atoms with Gasteiger partial charge in [0.15, 0.2) is 11.5 Å². The highest BCUT2D eigenvalue weighted by Gasteiger charge is 2.27. The van der Waals surface area contributed by atoms with E-state index in [-0.39, 0.29) is 11.3 Å². The summed E-state index contributed by atoms with van der Waals surface area (Å²) < 4.78 is 26.5. The van der Waals surface area contributed by atoms with E-state index in [2.05, 4.69) is 0 Å². The van der Waals surface area contributed by atoms with Gasteiger partial charge in [-0.2, -0.15) is 0 Å². The van der Waals surface area contributed by atoms with Crippen molar-refractivity contribution in [1.29, 1.82) is 0 Å². The second-order valence-electron chi connectivity index (χ2n) is 7.78. The van der Waals surface area contributed by atoms with Crippen molar-refractivity contribution in [1.82, 2.24) is 0 Å². The number of ketones is 1. The molecule has 0 aliphatic rings. The topological polar surface area (TPSA) is 101 Å². The third kappa shape index (κ3) is 5.71. The maximum absolute atomic E-state index is 13.3. The molecule has 192 valence electrons. The molecule has 3 aromatic rings. The molecular weight excluding hydrogens is 464 g/mol. The maximum Gasteiger partial charge on any atom is 0.339 e. The second-order valence-corrected chi connectivity index (χ2v) is 7.78. The largest absolute Gasteiger partial charge is 0.496 e. The lowest BCUT2D eigenvalue weighted by atomic mass is 9.93. The normalized spacial score (nSPS) is 10.0. The zero-order valence-electron chi connectivity index (χ0n) is 21.8. The van der Waals surface area contributed by atoms with Gasteiger partial charge in [-0.3, -0.25) is 4.79 Å². The number of carboxylic acid groups (broad SMARTS) is 1. The number of benzene rings is 3. The van der Waals surface area contributed by atoms with Crippen LogP contribution in [0.2, 0.25) is 0 Å². The lowest BCUT2D eigenvalue weighted by Crippen LogP contribution is -2.11. The van der Waals surface area contributed by atoms with E-state index in [1.54, 1.807) is 51.5 Å². The molecule has 0 amide bonds. The first-order valence-electron chi connectivity index (χ1n) is 11.0. The molecule has 0 atom stereocenters. The number of rotatable bonds is 8. The number of carbonyl (C=O) groups excluding carboxylic acids is 1. The van der Waals surface area contributed by atoms with Gasteiger partial charge < -0.3 is 28.8 Å². The number of carbonyl (C=O) groups is 2. The van der Waals surface area contributed by atoms with Crippen LogP contribution in [-0.4, -0.2) is 52.4 Å². The number of carboxylic acids is 1. The van der Waals surface area contributed by atoms with Gasteiger partial charge in [0, 0.05) is 0 Å². The number of aryl methyl sites for hydroxylation is 3. The second kappa shape index (κ2) is 12.5. The van der Waals surface area contributed by atoms with E-state index >= 15 is 0 Å². The van der Waals surface area contributed by atoms with E-state index in [0.29, 0.717) is 45.4 Å². The number of hydrogen-bond donors (Lipinski definition) is 1. The molecule has 0 saturated heterocycles. The monoisotopic (exact) mass is 496 g/mol. The Morgan fingerprint density at radius 1 is 0.583 bits per heavy atom. The summed E-state index contributed by atoms with van der Waals surface area (Å²) in [6.07, 6.45) is 0. The van der Waals surface area contributed by atoms with Crippen molar-refractivity contribution in [3.05, 3.63) is 75.8 Å². The first-order valence-corrected chi connectivity index (χ1v) is 11.0. The molecule has 3 aromatic carbocycles. The van der Waals surface area contributed by atoms with Crippen LogP contribution in [0.4, 0.5) is 0 Å². The molecule has 36 heavy (non-hydrogen) atoms. The smallest absolute Gasteiger partial charge is 0.339 e. The minimum Gasteiger partial charge on any atom is -0.496 e. The van der Waals surface area contributed by atoms with Gasteiger partial charge in [-0.05, 0) is 55.7 Å². The van der Waals surface area contributed by atoms with Crippen molar-refractivity contribution in [2.24, 2.45) is 0 Å². The lowest BCUT2D eigenvalue weighted by Gasteiger charge is -2.19. The van der Waals surface area contributed by atoms with Crippen molar-refractivity contribution in [2.45, 2.75) is 20.8 Å². The van der Waals surface area contributed by atoms with Crippen molar-refractivity contribution < 1.29 is 38.4 Å². The van der Waals surface area contributed by atoms with Crippen LogP contribution in [0.15, 0.2) is 42.5 Å². The van der Waals surface area contributed by atoms with Gasteiger partial charge in [0.05, 0.1) is 46.7 Å². The lowest BCUT2D eigenvalue weighted by molar-refractivity contribution is 0.0692. The molecule has 0 saturated carbocycles. The molecular formula is C28H32O8. The Balaban J connectivity index is 0.000000319. The molecule has 8 heteroatoms. The van der Waals surface area contributed by atoms with E-state index in [1.807, 2.05) is 26.0 Å². The van der Waals surface area contributed by atoms with E-state index in [1.165, 1.54) is 21.3 Å². The Hall–Kier alpha value is -4.20. The zero-order chi connectivity index (χ0) is 27.0. The minimum absolute atomic E-state index is 0.180. The molecule has 0 aliphatic heterocycles. The first kappa shape index (κ1) is 28.0. The molecule has 0 bridgehead atoms. The van der Waals surface area contributed by atoms with E-state index < -0.39 is 5.97 Å². The molecule has 0 radical (unpaired) electrons. The molecule has 3 rings (SSSR count). The predicted octanol–water partition coefficient (Wildman–Crippen LogP) is 5.27. The van der Waals surface area contributed by atoms with Crippen molar-refractivity contribution in [3.63, 3.8) is 0 Å². The maximum atomic E-state index is 13.3. The SMILES string of the molecule is COc1cc(C)c(C(=O)c2c(C)cccc2OC)c(OC)c1OC.COc1cccc(C)c1C(=O)O. The Morgan fingerprint density at radius 3 is 1.47 bits per heavy atom.